The Balaban J connectivity index is 2.39. The van der Waals surface area contributed by atoms with Crippen LogP contribution >= 0.6 is 8.58 Å². The average molecular weight is 173 g/mol. The molecule has 0 atom stereocenters. The summed E-state index contributed by atoms with van der Waals surface area (Å²) in [6.07, 6.45) is 2.44. The first-order valence-electron chi connectivity index (χ1n) is 4.21. The van der Waals surface area contributed by atoms with Crippen LogP contribution in [0.15, 0.2) is 0 Å². The molecule has 0 aromatic rings. The Morgan fingerprint density at radius 2 is 1.91 bits per heavy atom. The Kier molecular flexibility index (Phi) is 3.32. The summed E-state index contributed by atoms with van der Waals surface area (Å²) in [4.78, 5) is 13.4. The van der Waals surface area contributed by atoms with Gasteiger partial charge in [0.2, 0.25) is 5.91 Å². The zero-order valence-corrected chi connectivity index (χ0v) is 8.26. The molecule has 11 heavy (non-hydrogen) atoms. The maximum atomic E-state index is 11.4. The number of hydrogen-bond acceptors (Lipinski definition) is 1. The number of rotatable bonds is 1. The Labute approximate surface area is 70.1 Å². The van der Waals surface area contributed by atoms with Gasteiger partial charge in [-0.25, -0.2) is 0 Å². The molecule has 64 valence electrons. The van der Waals surface area contributed by atoms with Crippen LogP contribution in [0.3, 0.4) is 0 Å². The minimum absolute atomic E-state index is 0.177. The highest BCUT2D eigenvalue weighted by Crippen LogP contribution is 2.17. The standard InChI is InChI=1S/C8H16NOP/c1-7(2)8(10)9-3-5-11-6-4-9/h7,11H,3-6H2,1-2H3. The van der Waals surface area contributed by atoms with Crippen molar-refractivity contribution in [1.82, 2.24) is 4.90 Å². The van der Waals surface area contributed by atoms with Crippen LogP contribution in [-0.2, 0) is 4.79 Å². The van der Waals surface area contributed by atoms with Crippen LogP contribution in [0.1, 0.15) is 13.8 Å². The summed E-state index contributed by atoms with van der Waals surface area (Å²) in [7, 11) is 1.08. The van der Waals surface area contributed by atoms with Gasteiger partial charge in [-0.2, -0.15) is 0 Å². The van der Waals surface area contributed by atoms with Crippen molar-refractivity contribution in [1.29, 1.82) is 0 Å². The maximum absolute atomic E-state index is 11.4. The highest BCUT2D eigenvalue weighted by atomic mass is 31.1. The summed E-state index contributed by atoms with van der Waals surface area (Å²) in [6, 6.07) is 0. The van der Waals surface area contributed by atoms with Crippen LogP contribution in [-0.4, -0.2) is 36.2 Å². The predicted octanol–water partition coefficient (Wildman–Crippen LogP) is 1.16. The summed E-state index contributed by atoms with van der Waals surface area (Å²) in [5.74, 6) is 0.505. The lowest BCUT2D eigenvalue weighted by molar-refractivity contribution is -0.134. The van der Waals surface area contributed by atoms with E-state index < -0.39 is 0 Å². The number of nitrogens with zero attached hydrogens (tertiary/aromatic N) is 1. The van der Waals surface area contributed by atoms with Gasteiger partial charge in [-0.05, 0) is 12.3 Å². The Morgan fingerprint density at radius 3 is 2.36 bits per heavy atom. The fourth-order valence-electron chi connectivity index (χ4n) is 1.25. The van der Waals surface area contributed by atoms with E-state index in [0.29, 0.717) is 5.91 Å². The van der Waals surface area contributed by atoms with E-state index in [0.717, 1.165) is 21.7 Å². The Hall–Kier alpha value is -0.100. The van der Waals surface area contributed by atoms with Crippen LogP contribution in [0.5, 0.6) is 0 Å². The van der Waals surface area contributed by atoms with Crippen LogP contribution < -0.4 is 0 Å². The van der Waals surface area contributed by atoms with Crippen LogP contribution in [0.25, 0.3) is 0 Å². The highest BCUT2D eigenvalue weighted by Gasteiger charge is 2.18. The fraction of sp³-hybridized carbons (Fsp3) is 0.875. The molecule has 1 rings (SSSR count). The van der Waals surface area contributed by atoms with E-state index in [4.69, 9.17) is 0 Å². The van der Waals surface area contributed by atoms with Crippen LogP contribution in [0.2, 0.25) is 0 Å². The molecule has 0 radical (unpaired) electrons. The Morgan fingerprint density at radius 1 is 1.36 bits per heavy atom. The molecular formula is C8H16NOP. The monoisotopic (exact) mass is 173 g/mol. The molecule has 1 fully saturated rings. The first-order chi connectivity index (χ1) is 5.22. The number of amides is 1. The van der Waals surface area contributed by atoms with Crippen molar-refractivity contribution in [3.8, 4) is 0 Å². The van der Waals surface area contributed by atoms with E-state index in [-0.39, 0.29) is 5.92 Å². The lowest BCUT2D eigenvalue weighted by Crippen LogP contribution is -2.39. The lowest BCUT2D eigenvalue weighted by Gasteiger charge is -2.28. The number of carbonyl (C=O) groups is 1. The van der Waals surface area contributed by atoms with Crippen molar-refractivity contribution >= 4 is 14.5 Å². The Bertz CT molecular complexity index is 141. The molecule has 0 aliphatic carbocycles. The fourth-order valence-corrected chi connectivity index (χ4v) is 2.36. The van der Waals surface area contributed by atoms with E-state index >= 15 is 0 Å². The van der Waals surface area contributed by atoms with Crippen molar-refractivity contribution in [2.45, 2.75) is 13.8 Å². The largest absolute Gasteiger partial charge is 0.342 e. The van der Waals surface area contributed by atoms with Gasteiger partial charge in [-0.1, -0.05) is 13.8 Å². The number of carbonyl (C=O) groups excluding carboxylic acids is 1. The molecule has 0 aromatic heterocycles. The topological polar surface area (TPSA) is 20.3 Å². The SMILES string of the molecule is CC(C)C(=O)N1CCPCC1. The van der Waals surface area contributed by atoms with Gasteiger partial charge in [0.25, 0.3) is 0 Å². The van der Waals surface area contributed by atoms with Gasteiger partial charge >= 0.3 is 0 Å². The summed E-state index contributed by atoms with van der Waals surface area (Å²) in [5, 5.41) is 0. The smallest absolute Gasteiger partial charge is 0.225 e. The minimum Gasteiger partial charge on any atom is -0.342 e. The zero-order chi connectivity index (χ0) is 8.27. The number of hydrogen-bond donors (Lipinski definition) is 0. The quantitative estimate of drug-likeness (QED) is 0.545. The third kappa shape index (κ3) is 2.44. The summed E-state index contributed by atoms with van der Waals surface area (Å²) >= 11 is 0. The summed E-state index contributed by atoms with van der Waals surface area (Å²) in [6.45, 7) is 5.93. The van der Waals surface area contributed by atoms with Gasteiger partial charge in [-0.3, -0.25) is 4.79 Å². The first-order valence-corrected chi connectivity index (χ1v) is 5.62. The van der Waals surface area contributed by atoms with E-state index in [1.54, 1.807) is 0 Å². The van der Waals surface area contributed by atoms with Crippen molar-refractivity contribution in [2.75, 3.05) is 25.4 Å². The maximum Gasteiger partial charge on any atom is 0.225 e. The molecule has 2 nitrogen and oxygen atoms in total. The molecule has 1 saturated heterocycles. The molecule has 0 aromatic carbocycles. The molecule has 0 spiro atoms. The van der Waals surface area contributed by atoms with Crippen molar-refractivity contribution < 1.29 is 4.79 Å². The van der Waals surface area contributed by atoms with Gasteiger partial charge in [0.1, 0.15) is 0 Å². The second-order valence-electron chi connectivity index (χ2n) is 3.23. The molecule has 0 unspecified atom stereocenters. The van der Waals surface area contributed by atoms with Gasteiger partial charge in [-0.15, -0.1) is 8.58 Å². The second kappa shape index (κ2) is 4.06. The van der Waals surface area contributed by atoms with E-state index in [1.165, 1.54) is 12.3 Å². The molecular weight excluding hydrogens is 157 g/mol. The van der Waals surface area contributed by atoms with Gasteiger partial charge in [0, 0.05) is 19.0 Å². The summed E-state index contributed by atoms with van der Waals surface area (Å²) < 4.78 is 0. The van der Waals surface area contributed by atoms with Gasteiger partial charge < -0.3 is 4.90 Å². The van der Waals surface area contributed by atoms with Crippen molar-refractivity contribution in [2.24, 2.45) is 5.92 Å². The normalized spacial score (nSPS) is 19.0. The predicted molar refractivity (Wildman–Crippen MR) is 49.5 cm³/mol. The molecule has 0 saturated carbocycles. The second-order valence-corrected chi connectivity index (χ2v) is 4.73. The van der Waals surface area contributed by atoms with Gasteiger partial charge in [0.15, 0.2) is 0 Å². The first kappa shape index (κ1) is 8.99. The molecule has 0 bridgehead atoms. The van der Waals surface area contributed by atoms with Crippen LogP contribution in [0, 0.1) is 5.92 Å². The zero-order valence-electron chi connectivity index (χ0n) is 7.26. The van der Waals surface area contributed by atoms with Crippen LogP contribution in [0.4, 0.5) is 0 Å². The summed E-state index contributed by atoms with van der Waals surface area (Å²) in [5.41, 5.74) is 0. The molecule has 1 aliphatic heterocycles. The molecule has 3 heteroatoms. The highest BCUT2D eigenvalue weighted by molar-refractivity contribution is 7.38. The van der Waals surface area contributed by atoms with E-state index in [9.17, 15) is 4.79 Å². The van der Waals surface area contributed by atoms with Crippen molar-refractivity contribution in [3.05, 3.63) is 0 Å². The average Bonchev–Trinajstić information content (AvgIpc) is 2.05. The third-order valence-corrected chi connectivity index (χ3v) is 3.08. The minimum atomic E-state index is 0.177. The molecule has 1 amide bonds. The molecule has 1 aliphatic rings. The molecule has 0 N–H and O–H groups in total. The van der Waals surface area contributed by atoms with Gasteiger partial charge in [0.05, 0.1) is 0 Å². The third-order valence-electron chi connectivity index (χ3n) is 1.92. The molecule has 1 heterocycles. The lowest BCUT2D eigenvalue weighted by atomic mass is 10.2. The van der Waals surface area contributed by atoms with E-state index in [1.807, 2.05) is 18.7 Å². The van der Waals surface area contributed by atoms with Crippen molar-refractivity contribution in [3.63, 3.8) is 0 Å². The van der Waals surface area contributed by atoms with E-state index in [2.05, 4.69) is 0 Å².